The molecular formula is C46H29NOS. The van der Waals surface area contributed by atoms with Crippen LogP contribution in [0.2, 0.25) is 0 Å². The third kappa shape index (κ3) is 4.47. The van der Waals surface area contributed by atoms with Crippen LogP contribution in [0.5, 0.6) is 0 Å². The SMILES string of the molecule is [2H]c1c([2H])c([2H])c(N(c2c([2H])c([2H])c(-c3c([2H])c([2H])c([2H])c4sc5c([2H])c([2H])c([2H])c([2H])c5c34)c([2H])c2[2H])c2cccc3oc4c5ccccc5ccc4c23)c(-c2ccccc2)c1[2H]. The van der Waals surface area contributed by atoms with E-state index in [9.17, 15) is 8.22 Å². The number of para-hydroxylation sites is 1. The normalized spacial score (nSPS) is 16.0. The van der Waals surface area contributed by atoms with Crippen LogP contribution in [0, 0.1) is 0 Å². The van der Waals surface area contributed by atoms with Crippen molar-refractivity contribution in [3.8, 4) is 22.3 Å². The molecule has 0 saturated carbocycles. The molecule has 10 rings (SSSR count). The lowest BCUT2D eigenvalue weighted by atomic mass is 9.98. The summed E-state index contributed by atoms with van der Waals surface area (Å²) in [4.78, 5) is 1.30. The molecule has 0 radical (unpaired) electrons. The quantitative estimate of drug-likeness (QED) is 0.183. The Morgan fingerprint density at radius 1 is 0.490 bits per heavy atom. The Kier molecular flexibility index (Phi) is 3.85. The Hall–Kier alpha value is -6.16. The third-order valence-corrected chi connectivity index (χ3v) is 9.61. The summed E-state index contributed by atoms with van der Waals surface area (Å²) in [5, 5.41) is 2.52. The molecule has 0 bridgehead atoms. The smallest absolute Gasteiger partial charge is 0.143 e. The highest BCUT2D eigenvalue weighted by Gasteiger charge is 2.22. The van der Waals surface area contributed by atoms with Crippen molar-refractivity contribution in [1.82, 2.24) is 0 Å². The fourth-order valence-electron chi connectivity index (χ4n) is 6.45. The molecule has 8 aromatic carbocycles. The first-order chi connectivity index (χ1) is 30.6. The molecule has 0 aliphatic carbocycles. The van der Waals surface area contributed by atoms with Crippen LogP contribution in [-0.4, -0.2) is 0 Å². The first-order valence-corrected chi connectivity index (χ1v) is 16.2. The van der Waals surface area contributed by atoms with Crippen molar-refractivity contribution in [3.63, 3.8) is 0 Å². The van der Waals surface area contributed by atoms with Gasteiger partial charge in [0, 0.05) is 42.2 Å². The molecule has 0 aliphatic heterocycles. The second kappa shape index (κ2) is 11.2. The van der Waals surface area contributed by atoms with Gasteiger partial charge < -0.3 is 9.32 Å². The van der Waals surface area contributed by atoms with Crippen molar-refractivity contribution in [2.45, 2.75) is 0 Å². The Balaban J connectivity index is 1.38. The summed E-state index contributed by atoms with van der Waals surface area (Å²) in [6.45, 7) is 0. The Bertz CT molecular complexity index is 3670. The Morgan fingerprint density at radius 3 is 2.18 bits per heavy atom. The van der Waals surface area contributed by atoms with E-state index in [1.807, 2.05) is 36.4 Å². The minimum absolute atomic E-state index is 0.000568. The number of thiophene rings is 1. The van der Waals surface area contributed by atoms with E-state index in [-0.39, 0.29) is 42.7 Å². The first kappa shape index (κ1) is 16.8. The maximum absolute atomic E-state index is 9.82. The molecule has 230 valence electrons. The zero-order valence-corrected chi connectivity index (χ0v) is 26.2. The number of fused-ring (bicyclic) bond motifs is 8. The van der Waals surface area contributed by atoms with Gasteiger partial charge in [-0.25, -0.2) is 0 Å². The average molecular weight is 659 g/mol. The van der Waals surface area contributed by atoms with Crippen molar-refractivity contribution in [3.05, 3.63) is 176 Å². The molecule has 2 aromatic heterocycles. The Morgan fingerprint density at radius 2 is 1.27 bits per heavy atom. The van der Waals surface area contributed by atoms with E-state index in [1.54, 1.807) is 48.5 Å². The van der Waals surface area contributed by atoms with E-state index in [2.05, 4.69) is 0 Å². The molecule has 0 saturated heterocycles. The largest absolute Gasteiger partial charge is 0.455 e. The van der Waals surface area contributed by atoms with Crippen LogP contribution in [0.4, 0.5) is 17.1 Å². The van der Waals surface area contributed by atoms with Crippen molar-refractivity contribution >= 4 is 81.3 Å². The first-order valence-electron chi connectivity index (χ1n) is 22.9. The fraction of sp³-hybridized carbons (Fsp3) is 0. The van der Waals surface area contributed by atoms with Gasteiger partial charge in [-0.1, -0.05) is 127 Å². The monoisotopic (exact) mass is 658 g/mol. The fourth-order valence-corrected chi connectivity index (χ4v) is 7.42. The highest BCUT2D eigenvalue weighted by molar-refractivity contribution is 7.25. The van der Waals surface area contributed by atoms with Crippen LogP contribution in [0.25, 0.3) is 75.1 Å². The molecule has 2 nitrogen and oxygen atoms in total. The van der Waals surface area contributed by atoms with Crippen molar-refractivity contribution < 1.29 is 25.0 Å². The zero-order chi connectivity index (χ0) is 45.4. The topological polar surface area (TPSA) is 16.4 Å². The van der Waals surface area contributed by atoms with E-state index in [0.29, 0.717) is 27.5 Å². The van der Waals surface area contributed by atoms with Gasteiger partial charge >= 0.3 is 0 Å². The maximum atomic E-state index is 9.82. The van der Waals surface area contributed by atoms with Crippen molar-refractivity contribution in [2.75, 3.05) is 4.90 Å². The van der Waals surface area contributed by atoms with E-state index in [1.165, 1.54) is 4.90 Å². The number of hydrogen-bond acceptors (Lipinski definition) is 3. The molecular weight excluding hydrogens is 615 g/mol. The van der Waals surface area contributed by atoms with Crippen LogP contribution in [0.1, 0.15) is 20.6 Å². The van der Waals surface area contributed by atoms with Crippen LogP contribution in [-0.2, 0) is 0 Å². The number of nitrogens with zero attached hydrogens (tertiary/aromatic N) is 1. The molecule has 2 heterocycles. The average Bonchev–Trinajstić information content (AvgIpc) is 3.90. The maximum Gasteiger partial charge on any atom is 0.143 e. The molecule has 0 fully saturated rings. The number of rotatable bonds is 5. The van der Waals surface area contributed by atoms with Gasteiger partial charge in [-0.15, -0.1) is 11.3 Å². The van der Waals surface area contributed by atoms with Gasteiger partial charge in [-0.05, 0) is 70.5 Å². The van der Waals surface area contributed by atoms with Crippen LogP contribution in [0.15, 0.2) is 180 Å². The molecule has 0 N–H and O–H groups in total. The summed E-state index contributed by atoms with van der Waals surface area (Å²) in [5.41, 5.74) is 0.0110. The predicted molar refractivity (Wildman–Crippen MR) is 210 cm³/mol. The summed E-state index contributed by atoms with van der Waals surface area (Å²) >= 11 is 0.808. The molecule has 0 atom stereocenters. The van der Waals surface area contributed by atoms with E-state index in [4.69, 9.17) is 16.8 Å². The second-order valence-corrected chi connectivity index (χ2v) is 12.3. The van der Waals surface area contributed by atoms with Gasteiger partial charge in [0.05, 0.1) is 37.3 Å². The van der Waals surface area contributed by atoms with Gasteiger partial charge in [0.15, 0.2) is 0 Å². The van der Waals surface area contributed by atoms with Gasteiger partial charge in [0.25, 0.3) is 0 Å². The number of anilines is 3. The van der Waals surface area contributed by atoms with Gasteiger partial charge in [0.1, 0.15) is 11.2 Å². The highest BCUT2D eigenvalue weighted by Crippen LogP contribution is 2.47. The summed E-state index contributed by atoms with van der Waals surface area (Å²) in [7, 11) is 0. The van der Waals surface area contributed by atoms with Crippen LogP contribution in [0.3, 0.4) is 0 Å². The predicted octanol–water partition coefficient (Wildman–Crippen LogP) is 13.9. The molecule has 0 aliphatic rings. The number of furan rings is 1. The second-order valence-electron chi connectivity index (χ2n) is 11.3. The lowest BCUT2D eigenvalue weighted by Gasteiger charge is -2.28. The molecule has 0 unspecified atom stereocenters. The highest BCUT2D eigenvalue weighted by atomic mass is 32.1. The molecule has 10 aromatic rings. The van der Waals surface area contributed by atoms with E-state index < -0.39 is 102 Å². The summed E-state index contributed by atoms with van der Waals surface area (Å²) in [6, 6.07) is 16.0. The van der Waals surface area contributed by atoms with Crippen molar-refractivity contribution in [1.29, 1.82) is 0 Å². The number of hydrogen-bond donors (Lipinski definition) is 0. The molecule has 0 spiro atoms. The lowest BCUT2D eigenvalue weighted by molar-refractivity contribution is 0.672. The summed E-state index contributed by atoms with van der Waals surface area (Å²) in [5.74, 6) is 0. The van der Waals surface area contributed by atoms with E-state index >= 15 is 0 Å². The minimum atomic E-state index is -0.717. The Labute approximate surface area is 308 Å². The van der Waals surface area contributed by atoms with E-state index in [0.717, 1.165) is 22.1 Å². The molecule has 3 heteroatoms. The van der Waals surface area contributed by atoms with Crippen LogP contribution >= 0.6 is 11.3 Å². The van der Waals surface area contributed by atoms with Gasteiger partial charge in [-0.3, -0.25) is 0 Å². The molecule has 49 heavy (non-hydrogen) atoms. The van der Waals surface area contributed by atoms with Gasteiger partial charge in [-0.2, -0.15) is 0 Å². The summed E-state index contributed by atoms with van der Waals surface area (Å²) < 4.78 is 143. The number of benzene rings is 8. The molecule has 0 amide bonds. The van der Waals surface area contributed by atoms with Crippen molar-refractivity contribution in [2.24, 2.45) is 0 Å². The zero-order valence-electron chi connectivity index (χ0n) is 40.3. The van der Waals surface area contributed by atoms with Crippen LogP contribution < -0.4 is 4.90 Å². The van der Waals surface area contributed by atoms with Gasteiger partial charge in [0.2, 0.25) is 0 Å². The lowest BCUT2D eigenvalue weighted by Crippen LogP contribution is -2.11. The summed E-state index contributed by atoms with van der Waals surface area (Å²) in [6.07, 6.45) is 0. The minimum Gasteiger partial charge on any atom is -0.455 e. The standard InChI is InChI=1S/C46H29NOS/c1-2-12-30(13-3-1)34-15-6-8-19-39(34)47(40-20-11-21-41-45(40)38-29-26-31-14-4-5-16-36(31)46(38)48-41)33-27-24-32(25-28-33)35-18-10-23-43-44(35)37-17-7-9-22-42(37)49-43/h1-29H/i6D,7D,8D,9D,10D,15D,17D,18D,19D,22D,23D,24D,25D,27D,28D. The third-order valence-electron chi connectivity index (χ3n) is 8.59.